The van der Waals surface area contributed by atoms with Crippen molar-refractivity contribution in [3.8, 4) is 17.6 Å². The van der Waals surface area contributed by atoms with Crippen LogP contribution in [0.1, 0.15) is 34.7 Å². The molecular weight excluding hydrogens is 469 g/mol. The van der Waals surface area contributed by atoms with Gasteiger partial charge in [0.15, 0.2) is 5.76 Å². The number of nitriles is 1. The second-order valence-corrected chi connectivity index (χ2v) is 7.54. The number of ether oxygens (including phenoxy) is 2. The van der Waals surface area contributed by atoms with E-state index in [1.165, 1.54) is 6.07 Å². The topological polar surface area (TPSA) is 114 Å². The number of para-hydroxylation sites is 1. The molecule has 10 heteroatoms. The normalized spacial score (nSPS) is 10.2. The molecule has 0 saturated heterocycles. The molecule has 0 aliphatic carbocycles. The van der Waals surface area contributed by atoms with Crippen LogP contribution >= 0.6 is 23.2 Å². The van der Waals surface area contributed by atoms with Gasteiger partial charge in [-0.3, -0.25) is 20.4 Å². The van der Waals surface area contributed by atoms with Gasteiger partial charge in [-0.1, -0.05) is 35.3 Å². The van der Waals surface area contributed by atoms with Crippen LogP contribution in [0.2, 0.25) is 10.0 Å². The average molecular weight is 488 g/mol. The molecule has 0 bridgehead atoms. The van der Waals surface area contributed by atoms with Crippen molar-refractivity contribution in [1.82, 2.24) is 10.9 Å². The Morgan fingerprint density at radius 2 is 1.82 bits per heavy atom. The van der Waals surface area contributed by atoms with Crippen LogP contribution < -0.4 is 20.3 Å². The number of halogens is 2. The van der Waals surface area contributed by atoms with Gasteiger partial charge in [-0.15, -0.1) is 0 Å². The van der Waals surface area contributed by atoms with E-state index in [1.807, 2.05) is 6.07 Å². The van der Waals surface area contributed by atoms with Gasteiger partial charge in [0.05, 0.1) is 17.2 Å². The van der Waals surface area contributed by atoms with Gasteiger partial charge in [-0.2, -0.15) is 5.26 Å². The minimum absolute atomic E-state index is 0.00295. The lowest BCUT2D eigenvalue weighted by atomic mass is 10.2. The Hall–Kier alpha value is -3.67. The standard InChI is InChI=1S/C23H19Cl2N3O5/c24-16-7-9-20(18(25)12-16)31-11-3-6-22(29)27-28-23(30)21-10-8-17(33-21)14-32-19-5-2-1-4-15(19)13-26/h1-2,4-5,7-10,12H,3,6,11,14H2,(H,27,29)(H,28,30). The first-order chi connectivity index (χ1) is 16.0. The first kappa shape index (κ1) is 24.0. The highest BCUT2D eigenvalue weighted by atomic mass is 35.5. The van der Waals surface area contributed by atoms with Crippen LogP contribution in [0.5, 0.6) is 11.5 Å². The molecule has 8 nitrogen and oxygen atoms in total. The molecule has 2 aromatic carbocycles. The molecule has 170 valence electrons. The van der Waals surface area contributed by atoms with Crippen LogP contribution in [0, 0.1) is 11.3 Å². The number of carbonyl (C=O) groups excluding carboxylic acids is 2. The van der Waals surface area contributed by atoms with Gasteiger partial charge in [-0.05, 0) is 48.9 Å². The smallest absolute Gasteiger partial charge is 0.305 e. The largest absolute Gasteiger partial charge is 0.492 e. The molecule has 0 unspecified atom stereocenters. The maximum atomic E-state index is 12.2. The number of hydrogen-bond donors (Lipinski definition) is 2. The van der Waals surface area contributed by atoms with Gasteiger partial charge in [0.2, 0.25) is 5.91 Å². The zero-order valence-corrected chi connectivity index (χ0v) is 18.8. The lowest BCUT2D eigenvalue weighted by Crippen LogP contribution is -2.41. The lowest BCUT2D eigenvalue weighted by molar-refractivity contribution is -0.122. The number of furan rings is 1. The van der Waals surface area contributed by atoms with Crippen molar-refractivity contribution in [2.75, 3.05) is 6.61 Å². The van der Waals surface area contributed by atoms with E-state index in [2.05, 4.69) is 10.9 Å². The van der Waals surface area contributed by atoms with Gasteiger partial charge in [-0.25, -0.2) is 0 Å². The molecule has 0 aliphatic heterocycles. The highest BCUT2D eigenvalue weighted by molar-refractivity contribution is 6.35. The fraction of sp³-hybridized carbons (Fsp3) is 0.174. The molecule has 2 amide bonds. The van der Waals surface area contributed by atoms with Crippen molar-refractivity contribution in [1.29, 1.82) is 5.26 Å². The minimum Gasteiger partial charge on any atom is -0.492 e. The van der Waals surface area contributed by atoms with Crippen molar-refractivity contribution in [2.24, 2.45) is 0 Å². The summed E-state index contributed by atoms with van der Waals surface area (Å²) in [4.78, 5) is 24.1. The van der Waals surface area contributed by atoms with E-state index in [9.17, 15) is 9.59 Å². The lowest BCUT2D eigenvalue weighted by Gasteiger charge is -2.09. The molecule has 2 N–H and O–H groups in total. The molecule has 1 aromatic heterocycles. The summed E-state index contributed by atoms with van der Waals surface area (Å²) in [6.07, 6.45) is 0.536. The number of hydrogen-bond acceptors (Lipinski definition) is 6. The van der Waals surface area contributed by atoms with E-state index >= 15 is 0 Å². The Bertz CT molecular complexity index is 1170. The molecule has 3 aromatic rings. The third kappa shape index (κ3) is 7.17. The second-order valence-electron chi connectivity index (χ2n) is 6.69. The molecule has 3 rings (SSSR count). The summed E-state index contributed by atoms with van der Waals surface area (Å²) >= 11 is 11.8. The third-order valence-electron chi connectivity index (χ3n) is 4.28. The van der Waals surface area contributed by atoms with E-state index in [0.717, 1.165) is 0 Å². The summed E-state index contributed by atoms with van der Waals surface area (Å²) in [7, 11) is 0. The second kappa shape index (κ2) is 11.8. The van der Waals surface area contributed by atoms with Crippen molar-refractivity contribution >= 4 is 35.0 Å². The zero-order valence-electron chi connectivity index (χ0n) is 17.3. The van der Waals surface area contributed by atoms with Crippen LogP contribution in [-0.4, -0.2) is 18.4 Å². The van der Waals surface area contributed by atoms with E-state index < -0.39 is 11.8 Å². The van der Waals surface area contributed by atoms with Gasteiger partial charge >= 0.3 is 5.91 Å². The Kier molecular flexibility index (Phi) is 8.58. The molecular formula is C23H19Cl2N3O5. The Morgan fingerprint density at radius 1 is 1.00 bits per heavy atom. The fourth-order valence-corrected chi connectivity index (χ4v) is 3.13. The zero-order chi connectivity index (χ0) is 23.6. The molecule has 0 aliphatic rings. The number of carbonyl (C=O) groups is 2. The maximum Gasteiger partial charge on any atom is 0.305 e. The first-order valence-corrected chi connectivity index (χ1v) is 10.6. The van der Waals surface area contributed by atoms with E-state index in [-0.39, 0.29) is 25.4 Å². The summed E-state index contributed by atoms with van der Waals surface area (Å²) in [5.41, 5.74) is 5.00. The minimum atomic E-state index is -0.615. The molecule has 0 atom stereocenters. The summed E-state index contributed by atoms with van der Waals surface area (Å²) < 4.78 is 16.5. The number of nitrogens with zero attached hydrogens (tertiary/aromatic N) is 1. The van der Waals surface area contributed by atoms with E-state index in [1.54, 1.807) is 48.5 Å². The Labute approximate surface area is 200 Å². The monoisotopic (exact) mass is 487 g/mol. The fourth-order valence-electron chi connectivity index (χ4n) is 2.67. The predicted octanol–water partition coefficient (Wildman–Crippen LogP) is 4.66. The van der Waals surface area contributed by atoms with Crippen molar-refractivity contribution in [3.63, 3.8) is 0 Å². The number of hydrazine groups is 1. The SMILES string of the molecule is N#Cc1ccccc1OCc1ccc(C(=O)NNC(=O)CCCOc2ccc(Cl)cc2Cl)o1. The number of amides is 2. The van der Waals surface area contributed by atoms with Crippen molar-refractivity contribution in [3.05, 3.63) is 81.7 Å². The van der Waals surface area contributed by atoms with Gasteiger partial charge in [0.25, 0.3) is 0 Å². The molecule has 0 radical (unpaired) electrons. The van der Waals surface area contributed by atoms with Crippen LogP contribution in [0.3, 0.4) is 0 Å². The molecule has 0 fully saturated rings. The number of benzene rings is 2. The Morgan fingerprint density at radius 3 is 2.61 bits per heavy atom. The van der Waals surface area contributed by atoms with E-state index in [0.29, 0.717) is 39.3 Å². The molecule has 1 heterocycles. The summed E-state index contributed by atoms with van der Waals surface area (Å²) in [6, 6.07) is 16.7. The van der Waals surface area contributed by atoms with Crippen LogP contribution in [0.4, 0.5) is 0 Å². The number of nitrogens with one attached hydrogen (secondary N) is 2. The summed E-state index contributed by atoms with van der Waals surface area (Å²) in [6.45, 7) is 0.301. The first-order valence-electron chi connectivity index (χ1n) is 9.84. The van der Waals surface area contributed by atoms with Crippen molar-refractivity contribution < 1.29 is 23.5 Å². The summed E-state index contributed by atoms with van der Waals surface area (Å²) in [5.74, 6) is 0.273. The highest BCUT2D eigenvalue weighted by Gasteiger charge is 2.13. The third-order valence-corrected chi connectivity index (χ3v) is 4.81. The predicted molar refractivity (Wildman–Crippen MR) is 121 cm³/mol. The van der Waals surface area contributed by atoms with Gasteiger partial charge in [0, 0.05) is 11.4 Å². The van der Waals surface area contributed by atoms with Crippen LogP contribution in [-0.2, 0) is 11.4 Å². The van der Waals surface area contributed by atoms with Crippen LogP contribution in [0.25, 0.3) is 0 Å². The average Bonchev–Trinajstić information content (AvgIpc) is 3.29. The molecule has 0 spiro atoms. The van der Waals surface area contributed by atoms with Crippen LogP contribution in [0.15, 0.2) is 59.0 Å². The van der Waals surface area contributed by atoms with Crippen molar-refractivity contribution in [2.45, 2.75) is 19.4 Å². The maximum absolute atomic E-state index is 12.2. The summed E-state index contributed by atoms with van der Waals surface area (Å²) in [5, 5.41) is 9.97. The van der Waals surface area contributed by atoms with Gasteiger partial charge in [0.1, 0.15) is 29.9 Å². The van der Waals surface area contributed by atoms with Gasteiger partial charge < -0.3 is 13.9 Å². The quantitative estimate of drug-likeness (QED) is 0.335. The highest BCUT2D eigenvalue weighted by Crippen LogP contribution is 2.27. The number of rotatable bonds is 9. The molecule has 33 heavy (non-hydrogen) atoms. The molecule has 0 saturated carbocycles. The Balaban J connectivity index is 1.37. The van der Waals surface area contributed by atoms with E-state index in [4.69, 9.17) is 42.4 Å².